The van der Waals surface area contributed by atoms with Gasteiger partial charge in [-0.2, -0.15) is 13.2 Å². The van der Waals surface area contributed by atoms with E-state index in [1.165, 1.54) is 0 Å². The molecule has 0 aliphatic rings. The number of hydrogen-bond acceptors (Lipinski definition) is 2. The lowest BCUT2D eigenvalue weighted by molar-refractivity contribution is -0.0888. The third kappa shape index (κ3) is 2.24. The summed E-state index contributed by atoms with van der Waals surface area (Å²) < 4.78 is 47.6. The van der Waals surface area contributed by atoms with E-state index in [1.807, 2.05) is 0 Å². The van der Waals surface area contributed by atoms with E-state index in [4.69, 9.17) is 0 Å². The van der Waals surface area contributed by atoms with Crippen molar-refractivity contribution in [1.82, 2.24) is 4.98 Å². The number of carbonyl (C=O) groups is 1. The zero-order valence-electron chi connectivity index (χ0n) is 6.10. The Morgan fingerprint density at radius 3 is 2.46 bits per heavy atom. The SMILES string of the molecule is O=C(c1cc(F)ccn1)C(F)(F)F. The van der Waals surface area contributed by atoms with Gasteiger partial charge in [-0.3, -0.25) is 9.78 Å². The summed E-state index contributed by atoms with van der Waals surface area (Å²) in [6, 6.07) is 1.29. The fraction of sp³-hybridized carbons (Fsp3) is 0.143. The Morgan fingerprint density at radius 2 is 2.00 bits per heavy atom. The molecule has 0 saturated heterocycles. The average Bonchev–Trinajstić information content (AvgIpc) is 2.01. The molecule has 1 aromatic rings. The van der Waals surface area contributed by atoms with Crippen molar-refractivity contribution in [2.24, 2.45) is 0 Å². The van der Waals surface area contributed by atoms with Crippen LogP contribution in [0, 0.1) is 5.82 Å². The van der Waals surface area contributed by atoms with Gasteiger partial charge in [0, 0.05) is 12.3 Å². The van der Waals surface area contributed by atoms with E-state index in [0.29, 0.717) is 6.07 Å². The Kier molecular flexibility index (Phi) is 2.31. The van der Waals surface area contributed by atoms with E-state index in [1.54, 1.807) is 0 Å². The van der Waals surface area contributed by atoms with Crippen molar-refractivity contribution in [3.05, 3.63) is 29.8 Å². The Labute approximate surface area is 70.2 Å². The third-order valence-corrected chi connectivity index (χ3v) is 1.21. The molecular weight excluding hydrogens is 190 g/mol. The van der Waals surface area contributed by atoms with E-state index in [-0.39, 0.29) is 0 Å². The molecule has 0 fully saturated rings. The number of Topliss-reactive ketones (excluding diaryl/α,β-unsaturated/α-hetero) is 1. The minimum Gasteiger partial charge on any atom is -0.282 e. The molecule has 0 amide bonds. The third-order valence-electron chi connectivity index (χ3n) is 1.21. The number of ketones is 1. The maximum Gasteiger partial charge on any atom is 0.456 e. The van der Waals surface area contributed by atoms with Gasteiger partial charge in [0.1, 0.15) is 11.5 Å². The zero-order valence-corrected chi connectivity index (χ0v) is 6.10. The number of pyridine rings is 1. The molecule has 13 heavy (non-hydrogen) atoms. The van der Waals surface area contributed by atoms with E-state index >= 15 is 0 Å². The molecule has 6 heteroatoms. The van der Waals surface area contributed by atoms with E-state index in [0.717, 1.165) is 12.3 Å². The molecule has 1 heterocycles. The van der Waals surface area contributed by atoms with Crippen molar-refractivity contribution in [3.8, 4) is 0 Å². The highest BCUT2D eigenvalue weighted by molar-refractivity contribution is 5.98. The molecular formula is C7H3F4NO. The summed E-state index contributed by atoms with van der Waals surface area (Å²) in [5, 5.41) is 0. The second-order valence-corrected chi connectivity index (χ2v) is 2.19. The zero-order chi connectivity index (χ0) is 10.1. The van der Waals surface area contributed by atoms with Crippen molar-refractivity contribution in [2.75, 3.05) is 0 Å². The Morgan fingerprint density at radius 1 is 1.38 bits per heavy atom. The van der Waals surface area contributed by atoms with Gasteiger partial charge < -0.3 is 0 Å². The molecule has 70 valence electrons. The molecule has 0 radical (unpaired) electrons. The average molecular weight is 193 g/mol. The quantitative estimate of drug-likeness (QED) is 0.504. The summed E-state index contributed by atoms with van der Waals surface area (Å²) in [5.41, 5.74) is -0.937. The summed E-state index contributed by atoms with van der Waals surface area (Å²) >= 11 is 0. The van der Waals surface area contributed by atoms with Gasteiger partial charge in [-0.05, 0) is 6.07 Å². The second-order valence-electron chi connectivity index (χ2n) is 2.19. The molecule has 0 spiro atoms. The molecule has 0 atom stereocenters. The maximum absolute atomic E-state index is 12.4. The van der Waals surface area contributed by atoms with Gasteiger partial charge in [0.15, 0.2) is 0 Å². The molecule has 0 aliphatic heterocycles. The van der Waals surface area contributed by atoms with E-state index in [9.17, 15) is 22.4 Å². The van der Waals surface area contributed by atoms with E-state index < -0.39 is 23.5 Å². The highest BCUT2D eigenvalue weighted by Crippen LogP contribution is 2.20. The van der Waals surface area contributed by atoms with Crippen LogP contribution in [0.25, 0.3) is 0 Å². The maximum atomic E-state index is 12.4. The first-order valence-electron chi connectivity index (χ1n) is 3.14. The number of carbonyl (C=O) groups excluding carboxylic acids is 1. The van der Waals surface area contributed by atoms with Crippen LogP contribution in [-0.4, -0.2) is 16.9 Å². The standard InChI is InChI=1S/C7H3F4NO/c8-4-1-2-12-5(3-4)6(13)7(9,10)11/h1-3H. The molecule has 2 nitrogen and oxygen atoms in total. The molecule has 0 unspecified atom stereocenters. The van der Waals surface area contributed by atoms with Crippen LogP contribution in [-0.2, 0) is 0 Å². The summed E-state index contributed by atoms with van der Waals surface area (Å²) in [6.45, 7) is 0. The Hall–Kier alpha value is -1.46. The number of nitrogens with zero attached hydrogens (tertiary/aromatic N) is 1. The van der Waals surface area contributed by atoms with Crippen LogP contribution in [0.1, 0.15) is 10.5 Å². The van der Waals surface area contributed by atoms with Crippen LogP contribution in [0.2, 0.25) is 0 Å². The highest BCUT2D eigenvalue weighted by atomic mass is 19.4. The van der Waals surface area contributed by atoms with Gasteiger partial charge in [-0.25, -0.2) is 4.39 Å². The van der Waals surface area contributed by atoms with Crippen molar-refractivity contribution in [2.45, 2.75) is 6.18 Å². The van der Waals surface area contributed by atoms with Crippen LogP contribution >= 0.6 is 0 Å². The first kappa shape index (κ1) is 9.63. The van der Waals surface area contributed by atoms with Gasteiger partial charge >= 0.3 is 6.18 Å². The van der Waals surface area contributed by atoms with Gasteiger partial charge in [-0.15, -0.1) is 0 Å². The van der Waals surface area contributed by atoms with Crippen LogP contribution in [0.5, 0.6) is 0 Å². The second kappa shape index (κ2) is 3.12. The van der Waals surface area contributed by atoms with Crippen molar-refractivity contribution < 1.29 is 22.4 Å². The van der Waals surface area contributed by atoms with E-state index in [2.05, 4.69) is 4.98 Å². The van der Waals surface area contributed by atoms with Crippen LogP contribution in [0.4, 0.5) is 17.6 Å². The first-order valence-corrected chi connectivity index (χ1v) is 3.14. The fourth-order valence-corrected chi connectivity index (χ4v) is 0.674. The molecule has 0 saturated carbocycles. The van der Waals surface area contributed by atoms with Crippen molar-refractivity contribution in [3.63, 3.8) is 0 Å². The number of aromatic nitrogens is 1. The first-order chi connectivity index (χ1) is 5.91. The predicted molar refractivity (Wildman–Crippen MR) is 34.6 cm³/mol. The normalized spacial score (nSPS) is 11.4. The van der Waals surface area contributed by atoms with Crippen molar-refractivity contribution >= 4 is 5.78 Å². The lowest BCUT2D eigenvalue weighted by Gasteiger charge is -2.03. The van der Waals surface area contributed by atoms with Crippen molar-refractivity contribution in [1.29, 1.82) is 0 Å². The topological polar surface area (TPSA) is 30.0 Å². The molecule has 0 N–H and O–H groups in total. The van der Waals surface area contributed by atoms with Crippen LogP contribution in [0.3, 0.4) is 0 Å². The number of alkyl halides is 3. The summed E-state index contributed by atoms with van der Waals surface area (Å²) in [4.78, 5) is 13.6. The molecule has 0 aromatic carbocycles. The molecule has 0 bridgehead atoms. The van der Waals surface area contributed by atoms with Gasteiger partial charge in [0.2, 0.25) is 0 Å². The number of halogens is 4. The smallest absolute Gasteiger partial charge is 0.282 e. The predicted octanol–water partition coefficient (Wildman–Crippen LogP) is 1.97. The Balaban J connectivity index is 3.03. The van der Waals surface area contributed by atoms with Crippen LogP contribution in [0.15, 0.2) is 18.3 Å². The minimum atomic E-state index is -5.01. The lowest BCUT2D eigenvalue weighted by Crippen LogP contribution is -2.23. The summed E-state index contributed by atoms with van der Waals surface area (Å²) in [5.74, 6) is -3.07. The van der Waals surface area contributed by atoms with Gasteiger partial charge in [0.05, 0.1) is 0 Å². The number of hydrogen-bond donors (Lipinski definition) is 0. The summed E-state index contributed by atoms with van der Waals surface area (Å²) in [7, 11) is 0. The molecule has 1 rings (SSSR count). The monoisotopic (exact) mass is 193 g/mol. The lowest BCUT2D eigenvalue weighted by atomic mass is 10.2. The highest BCUT2D eigenvalue weighted by Gasteiger charge is 2.40. The van der Waals surface area contributed by atoms with Crippen LogP contribution < -0.4 is 0 Å². The molecule has 0 aliphatic carbocycles. The summed E-state index contributed by atoms with van der Waals surface area (Å²) in [6.07, 6.45) is -4.21. The Bertz CT molecular complexity index is 334. The van der Waals surface area contributed by atoms with Gasteiger partial charge in [-0.1, -0.05) is 0 Å². The minimum absolute atomic E-state index is 0.440. The number of rotatable bonds is 1. The largest absolute Gasteiger partial charge is 0.456 e. The molecule has 1 aromatic heterocycles. The van der Waals surface area contributed by atoms with Gasteiger partial charge in [0.25, 0.3) is 5.78 Å². The fourth-order valence-electron chi connectivity index (χ4n) is 0.674.